The quantitative estimate of drug-likeness (QED) is 0.167. The van der Waals surface area contributed by atoms with E-state index >= 15 is 0 Å². The fraction of sp³-hybridized carbons (Fsp3) is 0.0159. The van der Waals surface area contributed by atoms with E-state index in [0.717, 1.165) is 78.0 Å². The summed E-state index contributed by atoms with van der Waals surface area (Å²) in [6.07, 6.45) is 0. The average molecular weight is 887 g/mol. The SMILES string of the molecule is c1ccc(N(c2ccc3oc4ccccc4c3c2)c2cccc3c2-c2c(sc4ccccc24)C32c3ccccc3-c3cc(N(c4ccccc4)c4cccc5c4oc4ccccc45)ccc32)cc1. The summed E-state index contributed by atoms with van der Waals surface area (Å²) < 4.78 is 14.4. The van der Waals surface area contributed by atoms with E-state index in [1.165, 1.54) is 53.9 Å². The number of furan rings is 2. The van der Waals surface area contributed by atoms with Gasteiger partial charge in [0.15, 0.2) is 5.58 Å². The molecule has 3 aromatic heterocycles. The highest BCUT2D eigenvalue weighted by Gasteiger charge is 2.54. The molecule has 1 spiro atoms. The first kappa shape index (κ1) is 37.6. The molecule has 10 aromatic carbocycles. The summed E-state index contributed by atoms with van der Waals surface area (Å²) >= 11 is 1.94. The van der Waals surface area contributed by atoms with E-state index in [2.05, 4.69) is 228 Å². The van der Waals surface area contributed by atoms with Crippen LogP contribution in [-0.2, 0) is 5.41 Å². The van der Waals surface area contributed by atoms with E-state index in [9.17, 15) is 0 Å². The topological polar surface area (TPSA) is 32.8 Å². The first-order valence-electron chi connectivity index (χ1n) is 23.2. The van der Waals surface area contributed by atoms with Crippen molar-refractivity contribution in [2.45, 2.75) is 5.41 Å². The smallest absolute Gasteiger partial charge is 0.159 e. The van der Waals surface area contributed by atoms with Crippen LogP contribution >= 0.6 is 11.3 Å². The molecule has 2 aliphatic rings. The normalized spacial score (nSPS) is 14.5. The van der Waals surface area contributed by atoms with E-state index in [-0.39, 0.29) is 0 Å². The number of rotatable bonds is 6. The summed E-state index contributed by atoms with van der Waals surface area (Å²) in [5, 5.41) is 5.70. The molecule has 0 aliphatic heterocycles. The van der Waals surface area contributed by atoms with Crippen molar-refractivity contribution in [2.24, 2.45) is 0 Å². The molecular weight excluding hydrogens is 849 g/mol. The predicted molar refractivity (Wildman–Crippen MR) is 282 cm³/mol. The molecule has 15 rings (SSSR count). The van der Waals surface area contributed by atoms with Crippen molar-refractivity contribution in [2.75, 3.05) is 9.80 Å². The summed E-state index contributed by atoms with van der Waals surface area (Å²) in [7, 11) is 0. The van der Waals surface area contributed by atoms with Crippen molar-refractivity contribution in [1.82, 2.24) is 0 Å². The average Bonchev–Trinajstić information content (AvgIpc) is 4.20. The van der Waals surface area contributed by atoms with Gasteiger partial charge in [0, 0.05) is 70.4 Å². The van der Waals surface area contributed by atoms with Gasteiger partial charge in [-0.3, -0.25) is 0 Å². The number of nitrogens with zero attached hydrogens (tertiary/aromatic N) is 2. The van der Waals surface area contributed by atoms with Crippen molar-refractivity contribution in [1.29, 1.82) is 0 Å². The maximum Gasteiger partial charge on any atom is 0.159 e. The Balaban J connectivity index is 0.997. The number of benzene rings is 10. The Morgan fingerprint density at radius 2 is 0.897 bits per heavy atom. The van der Waals surface area contributed by atoms with Gasteiger partial charge in [0.1, 0.15) is 16.7 Å². The van der Waals surface area contributed by atoms with E-state index < -0.39 is 5.41 Å². The van der Waals surface area contributed by atoms with Crippen LogP contribution in [0.4, 0.5) is 34.1 Å². The van der Waals surface area contributed by atoms with Crippen molar-refractivity contribution in [3.63, 3.8) is 0 Å². The third-order valence-corrected chi connectivity index (χ3v) is 15.7. The Morgan fingerprint density at radius 1 is 0.338 bits per heavy atom. The number of anilines is 6. The Morgan fingerprint density at radius 3 is 1.71 bits per heavy atom. The standard InChI is InChI=1S/C63H38N2O2S/c1-3-17-39(18-4-1)64(42-34-36-57-49(38-42)45-23-9-12-30-55(45)66-57)53-28-16-27-52-60(53)59-47-24-10-14-32-58(47)68-62(59)63(52)50-26-11-7-21-43(50)48-37-41(33-35-51(48)63)65(40-19-5-2-6-20-40)54-29-15-25-46-44-22-8-13-31-56(44)67-61(46)54/h1-38H. The molecule has 68 heavy (non-hydrogen) atoms. The number of thiophene rings is 1. The third-order valence-electron chi connectivity index (χ3n) is 14.4. The third kappa shape index (κ3) is 5.08. The van der Waals surface area contributed by atoms with Crippen LogP contribution in [0.3, 0.4) is 0 Å². The molecule has 0 bridgehead atoms. The van der Waals surface area contributed by atoms with Gasteiger partial charge in [-0.05, 0) is 113 Å². The predicted octanol–water partition coefficient (Wildman–Crippen LogP) is 18.0. The zero-order valence-corrected chi connectivity index (χ0v) is 37.4. The van der Waals surface area contributed by atoms with Crippen molar-refractivity contribution in [3.8, 4) is 22.3 Å². The molecule has 0 saturated carbocycles. The summed E-state index contributed by atoms with van der Waals surface area (Å²) in [5.41, 5.74) is 18.3. The van der Waals surface area contributed by atoms with Gasteiger partial charge in [-0.15, -0.1) is 11.3 Å². The van der Waals surface area contributed by atoms with Crippen molar-refractivity contribution >= 4 is 99.4 Å². The maximum atomic E-state index is 6.72. The molecular formula is C63H38N2O2S. The maximum absolute atomic E-state index is 6.72. The van der Waals surface area contributed by atoms with Crippen LogP contribution in [0.2, 0.25) is 0 Å². The fourth-order valence-corrected chi connectivity index (χ4v) is 13.1. The molecule has 13 aromatic rings. The highest BCUT2D eigenvalue weighted by atomic mass is 32.1. The molecule has 2 aliphatic carbocycles. The second-order valence-electron chi connectivity index (χ2n) is 17.9. The highest BCUT2D eigenvalue weighted by molar-refractivity contribution is 7.20. The van der Waals surface area contributed by atoms with Crippen LogP contribution in [0, 0.1) is 0 Å². The Bertz CT molecular complexity index is 4180. The van der Waals surface area contributed by atoms with Gasteiger partial charge >= 0.3 is 0 Å². The lowest BCUT2D eigenvalue weighted by Gasteiger charge is -2.32. The minimum Gasteiger partial charge on any atom is -0.456 e. The molecule has 1 unspecified atom stereocenters. The van der Waals surface area contributed by atoms with Gasteiger partial charge < -0.3 is 18.6 Å². The molecule has 0 N–H and O–H groups in total. The lowest BCUT2D eigenvalue weighted by atomic mass is 9.73. The van der Waals surface area contributed by atoms with Gasteiger partial charge in [0.05, 0.1) is 16.8 Å². The Kier molecular flexibility index (Phi) is 7.83. The lowest BCUT2D eigenvalue weighted by molar-refractivity contribution is 0.668. The molecule has 0 fully saturated rings. The van der Waals surface area contributed by atoms with Crippen LogP contribution in [0.25, 0.3) is 76.2 Å². The molecule has 4 nitrogen and oxygen atoms in total. The largest absolute Gasteiger partial charge is 0.456 e. The second kappa shape index (κ2) is 14.2. The van der Waals surface area contributed by atoms with Crippen LogP contribution in [0.5, 0.6) is 0 Å². The first-order valence-corrected chi connectivity index (χ1v) is 24.0. The van der Waals surface area contributed by atoms with Crippen molar-refractivity contribution < 1.29 is 8.83 Å². The van der Waals surface area contributed by atoms with Crippen LogP contribution in [0.1, 0.15) is 21.6 Å². The molecule has 5 heteroatoms. The van der Waals surface area contributed by atoms with Gasteiger partial charge in [-0.2, -0.15) is 0 Å². The fourth-order valence-electron chi connectivity index (χ4n) is 11.7. The zero-order valence-electron chi connectivity index (χ0n) is 36.6. The minimum atomic E-state index is -0.571. The lowest BCUT2D eigenvalue weighted by Crippen LogP contribution is -2.25. The molecule has 0 radical (unpaired) electrons. The molecule has 3 heterocycles. The van der Waals surface area contributed by atoms with E-state index in [1.54, 1.807) is 0 Å². The summed E-state index contributed by atoms with van der Waals surface area (Å²) in [4.78, 5) is 6.18. The van der Waals surface area contributed by atoms with Crippen LogP contribution in [0.15, 0.2) is 239 Å². The monoisotopic (exact) mass is 886 g/mol. The minimum absolute atomic E-state index is 0.571. The van der Waals surface area contributed by atoms with E-state index in [1.807, 2.05) is 23.5 Å². The van der Waals surface area contributed by atoms with Crippen molar-refractivity contribution in [3.05, 3.63) is 252 Å². The molecule has 318 valence electrons. The van der Waals surface area contributed by atoms with Gasteiger partial charge in [0.2, 0.25) is 0 Å². The van der Waals surface area contributed by atoms with Crippen LogP contribution < -0.4 is 9.80 Å². The first-order chi connectivity index (χ1) is 33.7. The van der Waals surface area contributed by atoms with Gasteiger partial charge in [0.25, 0.3) is 0 Å². The Hall–Kier alpha value is -8.64. The number of para-hydroxylation sites is 5. The molecule has 1 atom stereocenters. The number of hydrogen-bond donors (Lipinski definition) is 0. The summed E-state index contributed by atoms with van der Waals surface area (Å²) in [5.74, 6) is 0. The van der Waals surface area contributed by atoms with E-state index in [0.29, 0.717) is 0 Å². The highest BCUT2D eigenvalue weighted by Crippen LogP contribution is 2.68. The molecule has 0 amide bonds. The van der Waals surface area contributed by atoms with E-state index in [4.69, 9.17) is 8.83 Å². The number of fused-ring (bicyclic) bond motifs is 18. The zero-order chi connectivity index (χ0) is 44.5. The summed E-state index contributed by atoms with van der Waals surface area (Å²) in [6, 6.07) is 83.6. The summed E-state index contributed by atoms with van der Waals surface area (Å²) in [6.45, 7) is 0. The van der Waals surface area contributed by atoms with Gasteiger partial charge in [-0.25, -0.2) is 0 Å². The Labute approximate surface area is 395 Å². The number of hydrogen-bond acceptors (Lipinski definition) is 5. The van der Waals surface area contributed by atoms with Gasteiger partial charge in [-0.1, -0.05) is 146 Å². The van der Waals surface area contributed by atoms with Crippen LogP contribution in [-0.4, -0.2) is 0 Å². The second-order valence-corrected chi connectivity index (χ2v) is 19.0. The molecule has 0 saturated heterocycles.